The zero-order chi connectivity index (χ0) is 7.28. The average molecular weight is 129 g/mol. The second kappa shape index (κ2) is 4.79. The lowest BCUT2D eigenvalue weighted by Crippen LogP contribution is -2.43. The lowest BCUT2D eigenvalue weighted by molar-refractivity contribution is 0.415. The molecule has 0 spiro atoms. The molecule has 1 radical (unpaired) electrons. The normalized spacial score (nSPS) is 16.9. The summed E-state index contributed by atoms with van der Waals surface area (Å²) in [5, 5.41) is 2.96. The minimum absolute atomic E-state index is 0.149. The molecule has 0 saturated heterocycles. The fourth-order valence-corrected chi connectivity index (χ4v) is 0.327. The number of hydrogen-bond donors (Lipinski definition) is 2. The molecule has 0 saturated carbocycles. The highest BCUT2D eigenvalue weighted by molar-refractivity contribution is 6.23. The van der Waals surface area contributed by atoms with Crippen molar-refractivity contribution in [2.75, 3.05) is 7.11 Å². The fourth-order valence-electron chi connectivity index (χ4n) is 0.327. The summed E-state index contributed by atoms with van der Waals surface area (Å²) in [4.78, 5) is 0. The van der Waals surface area contributed by atoms with Gasteiger partial charge in [-0.05, 0) is 13.8 Å². The van der Waals surface area contributed by atoms with Crippen LogP contribution in [0.1, 0.15) is 13.8 Å². The van der Waals surface area contributed by atoms with Gasteiger partial charge < -0.3 is 15.6 Å². The van der Waals surface area contributed by atoms with Crippen molar-refractivity contribution in [3.05, 3.63) is 0 Å². The summed E-state index contributed by atoms with van der Waals surface area (Å²) < 4.78 is 4.67. The van der Waals surface area contributed by atoms with E-state index in [1.165, 1.54) is 7.62 Å². The van der Waals surface area contributed by atoms with Crippen molar-refractivity contribution in [1.29, 1.82) is 0 Å². The van der Waals surface area contributed by atoms with E-state index in [1.54, 1.807) is 7.11 Å². The van der Waals surface area contributed by atoms with Gasteiger partial charge in [0.25, 0.3) is 0 Å². The fraction of sp³-hybridized carbons (Fsp3) is 1.00. The van der Waals surface area contributed by atoms with Crippen LogP contribution < -0.4 is 11.0 Å². The van der Waals surface area contributed by atoms with Gasteiger partial charge in [-0.15, -0.1) is 0 Å². The van der Waals surface area contributed by atoms with E-state index in [4.69, 9.17) is 5.73 Å². The van der Waals surface area contributed by atoms with Crippen LogP contribution in [-0.2, 0) is 4.65 Å². The highest BCUT2D eigenvalue weighted by Crippen LogP contribution is 1.84. The molecular weight excluding hydrogens is 115 g/mol. The zero-order valence-corrected chi connectivity index (χ0v) is 6.22. The van der Waals surface area contributed by atoms with Gasteiger partial charge in [0.05, 0.1) is 0 Å². The maximum atomic E-state index is 5.54. The Morgan fingerprint density at radius 2 is 2.11 bits per heavy atom. The van der Waals surface area contributed by atoms with Crippen LogP contribution >= 0.6 is 0 Å². The quantitative estimate of drug-likeness (QED) is 0.502. The molecule has 0 rings (SSSR count). The van der Waals surface area contributed by atoms with E-state index in [2.05, 4.69) is 9.88 Å². The number of nitrogens with one attached hydrogen (secondary N) is 1. The summed E-state index contributed by atoms with van der Waals surface area (Å²) in [6.45, 7) is 3.95. The van der Waals surface area contributed by atoms with Gasteiger partial charge in [-0.25, -0.2) is 0 Å². The van der Waals surface area contributed by atoms with Gasteiger partial charge in [-0.3, -0.25) is 0 Å². The minimum atomic E-state index is 0.149. The van der Waals surface area contributed by atoms with Crippen molar-refractivity contribution >= 4 is 7.62 Å². The lowest BCUT2D eigenvalue weighted by Gasteiger charge is -2.15. The molecule has 2 atom stereocenters. The third-order valence-electron chi connectivity index (χ3n) is 1.24. The standard InChI is InChI=1S/C5H14BN2O/c1-4(7)5(2)8-6-9-3/h4-5,8H,7H2,1-3H3/t4-,5-/m1/s1. The summed E-state index contributed by atoms with van der Waals surface area (Å²) in [6, 6.07) is 0.418. The van der Waals surface area contributed by atoms with E-state index in [1.807, 2.05) is 13.8 Å². The molecule has 0 heterocycles. The molecule has 0 aliphatic rings. The predicted octanol–water partition coefficient (Wildman–Crippen LogP) is -0.508. The van der Waals surface area contributed by atoms with E-state index in [0.29, 0.717) is 0 Å². The van der Waals surface area contributed by atoms with Crippen molar-refractivity contribution in [2.24, 2.45) is 5.73 Å². The van der Waals surface area contributed by atoms with Crippen molar-refractivity contribution in [2.45, 2.75) is 25.9 Å². The van der Waals surface area contributed by atoms with Crippen molar-refractivity contribution in [3.8, 4) is 0 Å². The molecule has 0 fully saturated rings. The molecule has 3 nitrogen and oxygen atoms in total. The maximum absolute atomic E-state index is 5.54. The van der Waals surface area contributed by atoms with Crippen LogP contribution in [0.3, 0.4) is 0 Å². The SMILES string of the molecule is CO[B]N[C@H](C)[C@@H](C)N. The molecule has 0 bridgehead atoms. The summed E-state index contributed by atoms with van der Waals surface area (Å²) in [7, 11) is 3.13. The van der Waals surface area contributed by atoms with Crippen LogP contribution in [0.4, 0.5) is 0 Å². The Hall–Kier alpha value is -0.0551. The largest absolute Gasteiger partial charge is 0.427 e. The van der Waals surface area contributed by atoms with Crippen molar-refractivity contribution in [3.63, 3.8) is 0 Å². The van der Waals surface area contributed by atoms with Crippen LogP contribution in [0.15, 0.2) is 0 Å². The molecule has 4 heteroatoms. The molecule has 0 aliphatic carbocycles. The second-order valence-electron chi connectivity index (χ2n) is 2.17. The third kappa shape index (κ3) is 4.45. The average Bonchev–Trinajstić information content (AvgIpc) is 1.82. The van der Waals surface area contributed by atoms with Gasteiger partial charge in [0.2, 0.25) is 0 Å². The predicted molar refractivity (Wildman–Crippen MR) is 39.0 cm³/mol. The summed E-state index contributed by atoms with van der Waals surface area (Å²) in [5.41, 5.74) is 5.54. The molecule has 0 aromatic carbocycles. The van der Waals surface area contributed by atoms with E-state index >= 15 is 0 Å². The lowest BCUT2D eigenvalue weighted by atomic mass is 10.1. The van der Waals surface area contributed by atoms with Crippen LogP contribution in [0.25, 0.3) is 0 Å². The Morgan fingerprint density at radius 3 is 2.44 bits per heavy atom. The first kappa shape index (κ1) is 8.94. The number of nitrogens with two attached hydrogens (primary N) is 1. The van der Waals surface area contributed by atoms with Gasteiger partial charge in [-0.2, -0.15) is 0 Å². The first-order valence-corrected chi connectivity index (χ1v) is 3.04. The summed E-state index contributed by atoms with van der Waals surface area (Å²) >= 11 is 0. The van der Waals surface area contributed by atoms with Gasteiger partial charge in [0.15, 0.2) is 0 Å². The molecular formula is C5H14BN2O. The van der Waals surface area contributed by atoms with E-state index in [9.17, 15) is 0 Å². The highest BCUT2D eigenvalue weighted by Gasteiger charge is 2.05. The van der Waals surface area contributed by atoms with Gasteiger partial charge in [-0.1, -0.05) is 0 Å². The molecule has 3 N–H and O–H groups in total. The topological polar surface area (TPSA) is 47.3 Å². The molecule has 9 heavy (non-hydrogen) atoms. The summed E-state index contributed by atoms with van der Waals surface area (Å²) in [5.74, 6) is 0. The Kier molecular flexibility index (Phi) is 4.76. The van der Waals surface area contributed by atoms with Crippen LogP contribution in [-0.4, -0.2) is 26.8 Å². The molecule has 0 amide bonds. The molecule has 0 unspecified atom stereocenters. The van der Waals surface area contributed by atoms with E-state index in [-0.39, 0.29) is 12.1 Å². The minimum Gasteiger partial charge on any atom is -0.427 e. The molecule has 0 aromatic heterocycles. The second-order valence-corrected chi connectivity index (χ2v) is 2.17. The smallest absolute Gasteiger partial charge is 0.395 e. The first-order chi connectivity index (χ1) is 4.18. The molecule has 0 aromatic rings. The number of hydrogen-bond acceptors (Lipinski definition) is 3. The van der Waals surface area contributed by atoms with Crippen LogP contribution in [0.5, 0.6) is 0 Å². The maximum Gasteiger partial charge on any atom is 0.395 e. The van der Waals surface area contributed by atoms with Gasteiger partial charge in [0, 0.05) is 19.2 Å². The van der Waals surface area contributed by atoms with Gasteiger partial charge in [0.1, 0.15) is 0 Å². The van der Waals surface area contributed by atoms with E-state index < -0.39 is 0 Å². The Labute approximate surface area is 57.2 Å². The summed E-state index contributed by atoms with van der Waals surface area (Å²) in [6.07, 6.45) is 0. The van der Waals surface area contributed by atoms with Crippen LogP contribution in [0, 0.1) is 0 Å². The molecule has 0 aliphatic heterocycles. The van der Waals surface area contributed by atoms with Crippen molar-refractivity contribution < 1.29 is 4.65 Å². The van der Waals surface area contributed by atoms with Crippen LogP contribution in [0.2, 0.25) is 0 Å². The number of rotatable bonds is 4. The molecule has 53 valence electrons. The van der Waals surface area contributed by atoms with Crippen molar-refractivity contribution in [1.82, 2.24) is 5.23 Å². The van der Waals surface area contributed by atoms with E-state index in [0.717, 1.165) is 0 Å². The first-order valence-electron chi connectivity index (χ1n) is 3.04. The zero-order valence-electron chi connectivity index (χ0n) is 6.22. The Bertz CT molecular complexity index is 70.0. The Balaban J connectivity index is 3.16. The Morgan fingerprint density at radius 1 is 1.56 bits per heavy atom. The third-order valence-corrected chi connectivity index (χ3v) is 1.24. The van der Waals surface area contributed by atoms with Gasteiger partial charge >= 0.3 is 7.62 Å². The highest BCUT2D eigenvalue weighted by atomic mass is 16.4. The monoisotopic (exact) mass is 129 g/mol.